The second kappa shape index (κ2) is 5.13. The fourth-order valence-electron chi connectivity index (χ4n) is 2.49. The summed E-state index contributed by atoms with van der Waals surface area (Å²) in [6, 6.07) is 0.788. The minimum atomic E-state index is 0.621. The average molecular weight is 198 g/mol. The molecule has 0 unspecified atom stereocenters. The van der Waals surface area contributed by atoms with Crippen LogP contribution in [0.5, 0.6) is 0 Å². The number of nitrogens with zero attached hydrogens (tertiary/aromatic N) is 1. The molecule has 1 aliphatic carbocycles. The van der Waals surface area contributed by atoms with Gasteiger partial charge in [-0.25, -0.2) is 0 Å². The molecule has 84 valence electrons. The van der Waals surface area contributed by atoms with Crippen LogP contribution >= 0.6 is 0 Å². The van der Waals surface area contributed by atoms with E-state index in [9.17, 15) is 0 Å². The number of hydrogen-bond donors (Lipinski definition) is 1. The zero-order chi connectivity index (χ0) is 10.6. The van der Waals surface area contributed by atoms with Gasteiger partial charge in [-0.05, 0) is 58.3 Å². The van der Waals surface area contributed by atoms with Crippen molar-refractivity contribution >= 4 is 0 Å². The molecule has 0 amide bonds. The van der Waals surface area contributed by atoms with Crippen LogP contribution in [-0.2, 0) is 0 Å². The highest BCUT2D eigenvalue weighted by Crippen LogP contribution is 2.43. The molecule has 14 heavy (non-hydrogen) atoms. The Hall–Kier alpha value is -0.0800. The maximum Gasteiger partial charge on any atom is 0.00744 e. The number of rotatable bonds is 6. The van der Waals surface area contributed by atoms with Crippen LogP contribution in [0.1, 0.15) is 39.5 Å². The Morgan fingerprint density at radius 3 is 2.50 bits per heavy atom. The normalized spacial score (nSPS) is 31.9. The first-order valence-electron chi connectivity index (χ1n) is 5.95. The van der Waals surface area contributed by atoms with E-state index in [0.29, 0.717) is 5.41 Å². The van der Waals surface area contributed by atoms with Crippen molar-refractivity contribution in [3.63, 3.8) is 0 Å². The van der Waals surface area contributed by atoms with E-state index in [2.05, 4.69) is 38.2 Å². The summed E-state index contributed by atoms with van der Waals surface area (Å²) in [6.45, 7) is 7.19. The van der Waals surface area contributed by atoms with Crippen molar-refractivity contribution in [3.05, 3.63) is 0 Å². The van der Waals surface area contributed by atoms with E-state index in [0.717, 1.165) is 6.04 Å². The lowest BCUT2D eigenvalue weighted by Gasteiger charge is -2.46. The first kappa shape index (κ1) is 12.0. The maximum atomic E-state index is 3.36. The first-order valence-corrected chi connectivity index (χ1v) is 5.95. The van der Waals surface area contributed by atoms with Gasteiger partial charge in [-0.2, -0.15) is 0 Å². The average Bonchev–Trinajstić information content (AvgIpc) is 2.11. The molecule has 1 saturated carbocycles. The topological polar surface area (TPSA) is 15.3 Å². The van der Waals surface area contributed by atoms with E-state index in [1.165, 1.54) is 38.8 Å². The van der Waals surface area contributed by atoms with Crippen molar-refractivity contribution in [2.24, 2.45) is 5.41 Å². The van der Waals surface area contributed by atoms with Gasteiger partial charge in [-0.15, -0.1) is 0 Å². The molecule has 0 heterocycles. The quantitative estimate of drug-likeness (QED) is 0.703. The van der Waals surface area contributed by atoms with Gasteiger partial charge in [0.15, 0.2) is 0 Å². The Bertz CT molecular complexity index is 162. The first-order chi connectivity index (χ1) is 6.59. The predicted molar refractivity (Wildman–Crippen MR) is 62.6 cm³/mol. The van der Waals surface area contributed by atoms with Crippen LogP contribution in [-0.4, -0.2) is 38.1 Å². The highest BCUT2D eigenvalue weighted by molar-refractivity contribution is 4.94. The predicted octanol–water partition coefficient (Wildman–Crippen LogP) is 2.11. The largest absolute Gasteiger partial charge is 0.317 e. The Balaban J connectivity index is 2.13. The molecule has 0 aromatic heterocycles. The van der Waals surface area contributed by atoms with E-state index in [1.54, 1.807) is 0 Å². The van der Waals surface area contributed by atoms with Gasteiger partial charge in [-0.1, -0.05) is 13.8 Å². The van der Waals surface area contributed by atoms with Crippen molar-refractivity contribution in [2.45, 2.75) is 45.6 Å². The van der Waals surface area contributed by atoms with Crippen LogP contribution in [0, 0.1) is 5.41 Å². The smallest absolute Gasteiger partial charge is 0.00744 e. The highest BCUT2D eigenvalue weighted by atomic mass is 15.1. The summed E-state index contributed by atoms with van der Waals surface area (Å²) < 4.78 is 0. The molecular formula is C12H26N2. The number of hydrogen-bond acceptors (Lipinski definition) is 2. The SMILES string of the molecule is CCCN(C)CCC1(C)CC(NC)C1. The summed E-state index contributed by atoms with van der Waals surface area (Å²) >= 11 is 0. The molecule has 0 spiro atoms. The molecule has 2 heteroatoms. The van der Waals surface area contributed by atoms with E-state index in [1.807, 2.05) is 0 Å². The zero-order valence-corrected chi connectivity index (χ0v) is 10.3. The summed E-state index contributed by atoms with van der Waals surface area (Å²) in [5, 5.41) is 3.36. The minimum Gasteiger partial charge on any atom is -0.317 e. The molecule has 0 aromatic carbocycles. The van der Waals surface area contributed by atoms with Crippen molar-refractivity contribution < 1.29 is 0 Å². The molecule has 0 aliphatic heterocycles. The van der Waals surface area contributed by atoms with Gasteiger partial charge in [0.1, 0.15) is 0 Å². The summed E-state index contributed by atoms with van der Waals surface area (Å²) in [7, 11) is 4.31. The molecule has 0 saturated heterocycles. The third-order valence-electron chi connectivity index (χ3n) is 3.59. The van der Waals surface area contributed by atoms with Gasteiger partial charge in [0.2, 0.25) is 0 Å². The Labute approximate surface area is 89.1 Å². The Morgan fingerprint density at radius 2 is 2.00 bits per heavy atom. The third kappa shape index (κ3) is 3.25. The van der Waals surface area contributed by atoms with Crippen molar-refractivity contribution in [2.75, 3.05) is 27.2 Å². The van der Waals surface area contributed by atoms with Crippen molar-refractivity contribution in [1.29, 1.82) is 0 Å². The fourth-order valence-corrected chi connectivity index (χ4v) is 2.49. The van der Waals surface area contributed by atoms with E-state index >= 15 is 0 Å². The van der Waals surface area contributed by atoms with Crippen LogP contribution < -0.4 is 5.32 Å². The second-order valence-electron chi connectivity index (χ2n) is 5.26. The molecule has 0 bridgehead atoms. The molecule has 0 radical (unpaired) electrons. The van der Waals surface area contributed by atoms with Crippen LogP contribution in [0.2, 0.25) is 0 Å². The molecule has 1 N–H and O–H groups in total. The summed E-state index contributed by atoms with van der Waals surface area (Å²) in [6.07, 6.45) is 5.36. The lowest BCUT2D eigenvalue weighted by atomic mass is 9.65. The van der Waals surface area contributed by atoms with Gasteiger partial charge < -0.3 is 10.2 Å². The minimum absolute atomic E-state index is 0.621. The second-order valence-corrected chi connectivity index (χ2v) is 5.26. The molecule has 0 aromatic rings. The van der Waals surface area contributed by atoms with Gasteiger partial charge >= 0.3 is 0 Å². The van der Waals surface area contributed by atoms with Gasteiger partial charge in [0, 0.05) is 6.04 Å². The van der Waals surface area contributed by atoms with Crippen LogP contribution in [0.3, 0.4) is 0 Å². The summed E-state index contributed by atoms with van der Waals surface area (Å²) in [5.74, 6) is 0. The van der Waals surface area contributed by atoms with Gasteiger partial charge in [0.25, 0.3) is 0 Å². The Morgan fingerprint density at radius 1 is 1.36 bits per heavy atom. The van der Waals surface area contributed by atoms with Crippen LogP contribution in [0.25, 0.3) is 0 Å². The summed E-state index contributed by atoms with van der Waals surface area (Å²) in [4.78, 5) is 2.46. The molecule has 0 atom stereocenters. The standard InChI is InChI=1S/C12H26N2/c1-5-7-14(4)8-6-12(2)9-11(10-12)13-3/h11,13H,5-10H2,1-4H3. The Kier molecular flexibility index (Phi) is 4.39. The molecule has 1 fully saturated rings. The van der Waals surface area contributed by atoms with Crippen molar-refractivity contribution in [3.8, 4) is 0 Å². The fraction of sp³-hybridized carbons (Fsp3) is 1.00. The van der Waals surface area contributed by atoms with Gasteiger partial charge in [-0.3, -0.25) is 0 Å². The molecule has 1 aliphatic rings. The van der Waals surface area contributed by atoms with E-state index in [4.69, 9.17) is 0 Å². The van der Waals surface area contributed by atoms with Crippen molar-refractivity contribution in [1.82, 2.24) is 10.2 Å². The van der Waals surface area contributed by atoms with E-state index in [-0.39, 0.29) is 0 Å². The lowest BCUT2D eigenvalue weighted by molar-refractivity contribution is 0.0845. The van der Waals surface area contributed by atoms with Crippen LogP contribution in [0.15, 0.2) is 0 Å². The summed E-state index contributed by atoms with van der Waals surface area (Å²) in [5.41, 5.74) is 0.621. The third-order valence-corrected chi connectivity index (χ3v) is 3.59. The lowest BCUT2D eigenvalue weighted by Crippen LogP contribution is -2.47. The van der Waals surface area contributed by atoms with E-state index < -0.39 is 0 Å². The molecular weight excluding hydrogens is 172 g/mol. The highest BCUT2D eigenvalue weighted by Gasteiger charge is 2.38. The molecule has 2 nitrogen and oxygen atoms in total. The maximum absolute atomic E-state index is 3.36. The number of nitrogens with one attached hydrogen (secondary N) is 1. The zero-order valence-electron chi connectivity index (χ0n) is 10.3. The van der Waals surface area contributed by atoms with Gasteiger partial charge in [0.05, 0.1) is 0 Å². The van der Waals surface area contributed by atoms with Crippen LogP contribution in [0.4, 0.5) is 0 Å². The molecule has 1 rings (SSSR count). The monoisotopic (exact) mass is 198 g/mol.